The molecule has 0 spiro atoms. The van der Waals surface area contributed by atoms with Crippen molar-refractivity contribution in [3.63, 3.8) is 0 Å². The van der Waals surface area contributed by atoms with Crippen molar-refractivity contribution in [2.24, 2.45) is 5.92 Å². The zero-order valence-corrected chi connectivity index (χ0v) is 23.4. The summed E-state index contributed by atoms with van der Waals surface area (Å²) in [5, 5.41) is 13.0. The first-order valence-corrected chi connectivity index (χ1v) is 14.1. The Labute approximate surface area is 232 Å². The highest BCUT2D eigenvalue weighted by Gasteiger charge is 2.37. The predicted octanol–water partition coefficient (Wildman–Crippen LogP) is 4.95. The lowest BCUT2D eigenvalue weighted by atomic mass is 9.69. The summed E-state index contributed by atoms with van der Waals surface area (Å²) in [6.07, 6.45) is 4.00. The average Bonchev–Trinajstić information content (AvgIpc) is 3.44. The molecule has 7 nitrogen and oxygen atoms in total. The highest BCUT2D eigenvalue weighted by molar-refractivity contribution is 5.91. The number of esters is 1. The molecule has 208 valence electrons. The van der Waals surface area contributed by atoms with E-state index in [1.54, 1.807) is 11.8 Å². The lowest BCUT2D eigenvalue weighted by molar-refractivity contribution is -0.148. The van der Waals surface area contributed by atoms with Gasteiger partial charge < -0.3 is 15.0 Å². The zero-order valence-electron chi connectivity index (χ0n) is 23.4. The van der Waals surface area contributed by atoms with Gasteiger partial charge in [-0.15, -0.1) is 0 Å². The summed E-state index contributed by atoms with van der Waals surface area (Å²) in [7, 11) is 0. The van der Waals surface area contributed by atoms with E-state index in [1.807, 2.05) is 60.7 Å². The van der Waals surface area contributed by atoms with Gasteiger partial charge in [0.25, 0.3) is 0 Å². The number of carbonyl (C=O) groups excluding carboxylic acids is 3. The van der Waals surface area contributed by atoms with E-state index in [1.165, 1.54) is 0 Å². The van der Waals surface area contributed by atoms with Crippen molar-refractivity contribution in [3.05, 3.63) is 71.8 Å². The second kappa shape index (κ2) is 14.5. The minimum Gasteiger partial charge on any atom is -0.464 e. The van der Waals surface area contributed by atoms with Crippen LogP contribution in [0.4, 0.5) is 0 Å². The molecule has 0 bridgehead atoms. The smallest absolute Gasteiger partial charge is 0.328 e. The zero-order chi connectivity index (χ0) is 28.3. The van der Waals surface area contributed by atoms with Gasteiger partial charge in [-0.3, -0.25) is 9.59 Å². The van der Waals surface area contributed by atoms with E-state index in [9.17, 15) is 19.6 Å². The fraction of sp³-hybridized carbons (Fsp3) is 0.500. The monoisotopic (exact) mass is 531 g/mol. The second-order valence-corrected chi connectivity index (χ2v) is 10.6. The van der Waals surface area contributed by atoms with Crippen LogP contribution in [-0.4, -0.2) is 47.9 Å². The molecule has 2 aromatic carbocycles. The Hall–Kier alpha value is -3.66. The summed E-state index contributed by atoms with van der Waals surface area (Å²) in [4.78, 5) is 40.7. The standard InChI is InChI=1S/C32H41N3O4/c1-4-39-31(38)27(22-25-14-7-5-8-15-25)34-30(37)28-18-13-21-35(28)29(36)19-11-12-20-32(23-33,24(2)3)26-16-9-6-10-17-26/h5-10,14-17,24,27-28H,4,11-13,18-22H2,1-3H3,(H,34,37)/t27-,28+,32-/m0/s1. The second-order valence-electron chi connectivity index (χ2n) is 10.6. The van der Waals surface area contributed by atoms with Gasteiger partial charge in [-0.1, -0.05) is 80.9 Å². The quantitative estimate of drug-likeness (QED) is 0.291. The molecule has 0 aliphatic carbocycles. The summed E-state index contributed by atoms with van der Waals surface area (Å²) in [5.41, 5.74) is 1.33. The van der Waals surface area contributed by atoms with Crippen LogP contribution in [0.3, 0.4) is 0 Å². The molecule has 1 saturated heterocycles. The predicted molar refractivity (Wildman–Crippen MR) is 150 cm³/mol. The maximum absolute atomic E-state index is 13.3. The lowest BCUT2D eigenvalue weighted by Gasteiger charge is -2.31. The van der Waals surface area contributed by atoms with Crippen LogP contribution in [-0.2, 0) is 31.0 Å². The fourth-order valence-electron chi connectivity index (χ4n) is 5.47. The Balaban J connectivity index is 1.58. The molecule has 2 amide bonds. The highest BCUT2D eigenvalue weighted by atomic mass is 16.5. The van der Waals surface area contributed by atoms with Gasteiger partial charge in [-0.2, -0.15) is 5.26 Å². The van der Waals surface area contributed by atoms with E-state index in [0.29, 0.717) is 38.6 Å². The van der Waals surface area contributed by atoms with Gasteiger partial charge >= 0.3 is 5.97 Å². The van der Waals surface area contributed by atoms with Crippen LogP contribution in [0.15, 0.2) is 60.7 Å². The third-order valence-electron chi connectivity index (χ3n) is 7.73. The Morgan fingerprint density at radius 3 is 2.36 bits per heavy atom. The van der Waals surface area contributed by atoms with Crippen LogP contribution < -0.4 is 5.32 Å². The minimum atomic E-state index is -0.814. The number of benzene rings is 2. The number of nitriles is 1. The number of hydrogen-bond acceptors (Lipinski definition) is 5. The molecule has 1 heterocycles. The fourth-order valence-corrected chi connectivity index (χ4v) is 5.47. The number of nitrogens with one attached hydrogen (secondary N) is 1. The highest BCUT2D eigenvalue weighted by Crippen LogP contribution is 2.37. The third kappa shape index (κ3) is 7.69. The van der Waals surface area contributed by atoms with E-state index in [-0.39, 0.29) is 24.3 Å². The topological polar surface area (TPSA) is 99.5 Å². The molecule has 0 unspecified atom stereocenters. The van der Waals surface area contributed by atoms with E-state index in [2.05, 4.69) is 25.2 Å². The summed E-state index contributed by atoms with van der Waals surface area (Å²) in [6.45, 7) is 6.62. The number of ether oxygens (including phenoxy) is 1. The molecule has 3 atom stereocenters. The van der Waals surface area contributed by atoms with Crippen LogP contribution in [0.2, 0.25) is 0 Å². The number of hydrogen-bond donors (Lipinski definition) is 1. The maximum Gasteiger partial charge on any atom is 0.328 e. The van der Waals surface area contributed by atoms with E-state index < -0.39 is 23.5 Å². The van der Waals surface area contributed by atoms with Gasteiger partial charge in [-0.25, -0.2) is 4.79 Å². The van der Waals surface area contributed by atoms with Gasteiger partial charge in [-0.05, 0) is 49.7 Å². The number of nitrogens with zero attached hydrogens (tertiary/aromatic N) is 2. The summed E-state index contributed by atoms with van der Waals surface area (Å²) in [6, 6.07) is 20.5. The lowest BCUT2D eigenvalue weighted by Crippen LogP contribution is -2.51. The van der Waals surface area contributed by atoms with Crippen molar-refractivity contribution in [1.82, 2.24) is 10.2 Å². The van der Waals surface area contributed by atoms with Crippen molar-refractivity contribution in [3.8, 4) is 6.07 Å². The molecule has 1 aliphatic rings. The average molecular weight is 532 g/mol. The molecule has 0 aromatic heterocycles. The molecule has 1 N–H and O–H groups in total. The van der Waals surface area contributed by atoms with Gasteiger partial charge in [0.15, 0.2) is 0 Å². The number of likely N-dealkylation sites (tertiary alicyclic amines) is 1. The minimum absolute atomic E-state index is 0.0600. The maximum atomic E-state index is 13.3. The SMILES string of the molecule is CCOC(=O)[C@H](Cc1ccccc1)NC(=O)[C@H]1CCCN1C(=O)CCCC[C@@](C#N)(c1ccccc1)C(C)C. The first-order chi connectivity index (χ1) is 18.8. The number of carbonyl (C=O) groups is 3. The molecule has 39 heavy (non-hydrogen) atoms. The van der Waals surface area contributed by atoms with Crippen LogP contribution in [0.25, 0.3) is 0 Å². The van der Waals surface area contributed by atoms with Crippen molar-refractivity contribution in [2.75, 3.05) is 13.2 Å². The van der Waals surface area contributed by atoms with Gasteiger partial charge in [0, 0.05) is 19.4 Å². The summed E-state index contributed by atoms with van der Waals surface area (Å²) >= 11 is 0. The third-order valence-corrected chi connectivity index (χ3v) is 7.73. The van der Waals surface area contributed by atoms with E-state index in [4.69, 9.17) is 4.74 Å². The van der Waals surface area contributed by atoms with Crippen molar-refractivity contribution < 1.29 is 19.1 Å². The van der Waals surface area contributed by atoms with Crippen LogP contribution in [0, 0.1) is 17.2 Å². The van der Waals surface area contributed by atoms with Crippen molar-refractivity contribution in [1.29, 1.82) is 5.26 Å². The first kappa shape index (κ1) is 29.9. The van der Waals surface area contributed by atoms with E-state index in [0.717, 1.165) is 24.0 Å². The van der Waals surface area contributed by atoms with E-state index >= 15 is 0 Å². The number of unbranched alkanes of at least 4 members (excludes halogenated alkanes) is 1. The molecule has 1 fully saturated rings. The molecule has 0 radical (unpaired) electrons. The Morgan fingerprint density at radius 1 is 1.08 bits per heavy atom. The Bertz CT molecular complexity index is 1130. The number of rotatable bonds is 13. The van der Waals surface area contributed by atoms with Crippen molar-refractivity contribution in [2.45, 2.75) is 83.2 Å². The Morgan fingerprint density at radius 2 is 1.74 bits per heavy atom. The normalized spacial score (nSPS) is 17.2. The van der Waals surface area contributed by atoms with Crippen LogP contribution >= 0.6 is 0 Å². The number of amides is 2. The van der Waals surface area contributed by atoms with Crippen LogP contribution in [0.5, 0.6) is 0 Å². The van der Waals surface area contributed by atoms with Gasteiger partial charge in [0.1, 0.15) is 12.1 Å². The molecule has 7 heteroatoms. The summed E-state index contributed by atoms with van der Waals surface area (Å²) in [5.74, 6) is -0.719. The van der Waals surface area contributed by atoms with Crippen molar-refractivity contribution >= 4 is 17.8 Å². The summed E-state index contributed by atoms with van der Waals surface area (Å²) < 4.78 is 5.21. The molecule has 2 aromatic rings. The van der Waals surface area contributed by atoms with Gasteiger partial charge in [0.2, 0.25) is 11.8 Å². The molecule has 1 aliphatic heterocycles. The molecule has 3 rings (SSSR count). The Kier molecular flexibility index (Phi) is 11.1. The first-order valence-electron chi connectivity index (χ1n) is 14.1. The molecular formula is C32H41N3O4. The largest absolute Gasteiger partial charge is 0.464 e. The molecular weight excluding hydrogens is 490 g/mol. The van der Waals surface area contributed by atoms with Crippen LogP contribution in [0.1, 0.15) is 70.4 Å². The molecule has 0 saturated carbocycles. The van der Waals surface area contributed by atoms with Gasteiger partial charge in [0.05, 0.1) is 18.1 Å².